The molecule has 0 aliphatic carbocycles. The van der Waals surface area contributed by atoms with Gasteiger partial charge in [0.15, 0.2) is 5.16 Å². The van der Waals surface area contributed by atoms with Crippen LogP contribution in [-0.2, 0) is 6.54 Å². The van der Waals surface area contributed by atoms with Crippen LogP contribution < -0.4 is 0 Å². The van der Waals surface area contributed by atoms with Crippen LogP contribution in [0.25, 0.3) is 11.4 Å². The molecule has 3 aromatic rings. The van der Waals surface area contributed by atoms with Crippen molar-refractivity contribution in [2.75, 3.05) is 6.26 Å². The number of hydrogen-bond donors (Lipinski definition) is 0. The van der Waals surface area contributed by atoms with Gasteiger partial charge in [-0.15, -0.1) is 0 Å². The van der Waals surface area contributed by atoms with Crippen molar-refractivity contribution in [2.45, 2.75) is 18.6 Å². The Morgan fingerprint density at radius 3 is 2.68 bits per heavy atom. The van der Waals surface area contributed by atoms with Crippen LogP contribution in [0.3, 0.4) is 0 Å². The molecule has 0 atom stereocenters. The van der Waals surface area contributed by atoms with Crippen LogP contribution in [0.5, 0.6) is 0 Å². The van der Waals surface area contributed by atoms with E-state index in [0.717, 1.165) is 27.7 Å². The number of thioether (sulfide) groups is 1. The lowest BCUT2D eigenvalue weighted by molar-refractivity contribution is 0.623. The van der Waals surface area contributed by atoms with E-state index >= 15 is 0 Å². The second-order valence-corrected chi connectivity index (χ2v) is 5.68. The highest BCUT2D eigenvalue weighted by Gasteiger charge is 2.09. The molecule has 0 aliphatic heterocycles. The van der Waals surface area contributed by atoms with Crippen molar-refractivity contribution in [3.05, 3.63) is 59.9 Å². The molecule has 4 nitrogen and oxygen atoms in total. The van der Waals surface area contributed by atoms with Gasteiger partial charge in [0.25, 0.3) is 0 Å². The van der Waals surface area contributed by atoms with Gasteiger partial charge in [-0.1, -0.05) is 17.8 Å². The van der Waals surface area contributed by atoms with Gasteiger partial charge < -0.3 is 4.57 Å². The third-order valence-electron chi connectivity index (χ3n) is 3.44. The van der Waals surface area contributed by atoms with E-state index in [-0.39, 0.29) is 5.82 Å². The summed E-state index contributed by atoms with van der Waals surface area (Å²) in [4.78, 5) is 12.9. The summed E-state index contributed by atoms with van der Waals surface area (Å²) in [7, 11) is 0. The van der Waals surface area contributed by atoms with Gasteiger partial charge in [0.1, 0.15) is 11.6 Å². The van der Waals surface area contributed by atoms with Crippen LogP contribution in [0.2, 0.25) is 0 Å². The fraction of sp³-hybridized carbons (Fsp3) is 0.188. The summed E-state index contributed by atoms with van der Waals surface area (Å²) in [6.07, 6.45) is 9.06. The number of aryl methyl sites for hydroxylation is 1. The summed E-state index contributed by atoms with van der Waals surface area (Å²) >= 11 is 1.49. The molecule has 1 aromatic carbocycles. The van der Waals surface area contributed by atoms with E-state index in [4.69, 9.17) is 0 Å². The average Bonchev–Trinajstić information content (AvgIpc) is 2.99. The number of rotatable bonds is 4. The highest BCUT2D eigenvalue weighted by Crippen LogP contribution is 2.20. The Labute approximate surface area is 132 Å². The molecule has 6 heteroatoms. The molecule has 0 amide bonds. The van der Waals surface area contributed by atoms with E-state index in [1.54, 1.807) is 30.7 Å². The molecule has 0 unspecified atom stereocenters. The molecule has 0 radical (unpaired) electrons. The van der Waals surface area contributed by atoms with Gasteiger partial charge in [0, 0.05) is 31.3 Å². The number of nitrogens with zero attached hydrogens (tertiary/aromatic N) is 4. The molecule has 3 rings (SSSR count). The topological polar surface area (TPSA) is 43.6 Å². The lowest BCUT2D eigenvalue weighted by Crippen LogP contribution is -2.04. The maximum Gasteiger partial charge on any atom is 0.187 e. The Morgan fingerprint density at radius 1 is 1.18 bits per heavy atom. The predicted octanol–water partition coefficient (Wildman–Crippen LogP) is 3.56. The zero-order valence-corrected chi connectivity index (χ0v) is 13.1. The lowest BCUT2D eigenvalue weighted by atomic mass is 10.1. The standard InChI is InChI=1S/C16H15FN4S/c1-11-3-4-14(17)7-12(11)10-21-6-5-18-15(21)13-8-19-16(22-2)20-9-13/h3-9H,10H2,1-2H3. The van der Waals surface area contributed by atoms with Crippen LogP contribution in [0.4, 0.5) is 4.39 Å². The fourth-order valence-corrected chi connectivity index (χ4v) is 2.54. The van der Waals surface area contributed by atoms with E-state index < -0.39 is 0 Å². The van der Waals surface area contributed by atoms with Gasteiger partial charge in [-0.25, -0.2) is 19.3 Å². The summed E-state index contributed by atoms with van der Waals surface area (Å²) in [5.74, 6) is 0.547. The molecular weight excluding hydrogens is 299 g/mol. The Morgan fingerprint density at radius 2 is 1.95 bits per heavy atom. The van der Waals surface area contributed by atoms with E-state index in [0.29, 0.717) is 6.54 Å². The van der Waals surface area contributed by atoms with Crippen molar-refractivity contribution in [3.8, 4) is 11.4 Å². The highest BCUT2D eigenvalue weighted by molar-refractivity contribution is 7.98. The second kappa shape index (κ2) is 6.27. The number of aromatic nitrogens is 4. The summed E-state index contributed by atoms with van der Waals surface area (Å²) in [6.45, 7) is 2.53. The third-order valence-corrected chi connectivity index (χ3v) is 4.01. The minimum absolute atomic E-state index is 0.227. The minimum Gasteiger partial charge on any atom is -0.326 e. The van der Waals surface area contributed by atoms with Gasteiger partial charge in [-0.05, 0) is 36.4 Å². The maximum atomic E-state index is 13.4. The average molecular weight is 314 g/mol. The fourth-order valence-electron chi connectivity index (χ4n) is 2.23. The molecule has 0 bridgehead atoms. The molecule has 0 aliphatic rings. The lowest BCUT2D eigenvalue weighted by Gasteiger charge is -2.10. The first-order chi connectivity index (χ1) is 10.7. The molecule has 112 valence electrons. The van der Waals surface area contributed by atoms with Crippen molar-refractivity contribution >= 4 is 11.8 Å². The summed E-state index contributed by atoms with van der Waals surface area (Å²) in [6, 6.07) is 4.83. The van der Waals surface area contributed by atoms with Crippen LogP contribution in [0.1, 0.15) is 11.1 Å². The van der Waals surface area contributed by atoms with E-state index in [1.807, 2.05) is 23.9 Å². The van der Waals surface area contributed by atoms with Crippen molar-refractivity contribution in [3.63, 3.8) is 0 Å². The first-order valence-electron chi connectivity index (χ1n) is 6.80. The Bertz CT molecular complexity index is 783. The number of benzene rings is 1. The molecule has 0 fully saturated rings. The first-order valence-corrected chi connectivity index (χ1v) is 8.02. The Hall–Kier alpha value is -2.21. The molecule has 0 saturated carbocycles. The highest BCUT2D eigenvalue weighted by atomic mass is 32.2. The van der Waals surface area contributed by atoms with Crippen molar-refractivity contribution < 1.29 is 4.39 Å². The molecular formula is C16H15FN4S. The molecule has 22 heavy (non-hydrogen) atoms. The zero-order valence-electron chi connectivity index (χ0n) is 12.3. The van der Waals surface area contributed by atoms with Crippen molar-refractivity contribution in [1.82, 2.24) is 19.5 Å². The van der Waals surface area contributed by atoms with Crippen LogP contribution in [0, 0.1) is 12.7 Å². The number of imidazole rings is 1. The monoisotopic (exact) mass is 314 g/mol. The van der Waals surface area contributed by atoms with E-state index in [2.05, 4.69) is 15.0 Å². The summed E-state index contributed by atoms with van der Waals surface area (Å²) < 4.78 is 15.4. The zero-order chi connectivity index (χ0) is 15.5. The van der Waals surface area contributed by atoms with Crippen LogP contribution in [-0.4, -0.2) is 25.8 Å². The molecule has 2 heterocycles. The Kier molecular flexibility index (Phi) is 4.20. The first kappa shape index (κ1) is 14.7. The van der Waals surface area contributed by atoms with Gasteiger partial charge >= 0.3 is 0 Å². The van der Waals surface area contributed by atoms with E-state index in [1.165, 1.54) is 17.8 Å². The minimum atomic E-state index is -0.227. The Balaban J connectivity index is 1.93. The quantitative estimate of drug-likeness (QED) is 0.545. The third kappa shape index (κ3) is 3.01. The molecule has 2 aromatic heterocycles. The SMILES string of the molecule is CSc1ncc(-c2nccn2Cc2cc(F)ccc2C)cn1. The molecule has 0 N–H and O–H groups in total. The predicted molar refractivity (Wildman–Crippen MR) is 85.3 cm³/mol. The number of hydrogen-bond acceptors (Lipinski definition) is 4. The summed E-state index contributed by atoms with van der Waals surface area (Å²) in [5.41, 5.74) is 2.83. The molecule has 0 spiro atoms. The van der Waals surface area contributed by atoms with Crippen LogP contribution in [0.15, 0.2) is 48.1 Å². The second-order valence-electron chi connectivity index (χ2n) is 4.91. The van der Waals surface area contributed by atoms with Crippen molar-refractivity contribution in [2.24, 2.45) is 0 Å². The van der Waals surface area contributed by atoms with Gasteiger partial charge in [0.2, 0.25) is 0 Å². The maximum absolute atomic E-state index is 13.4. The number of halogens is 1. The normalized spacial score (nSPS) is 10.9. The van der Waals surface area contributed by atoms with Gasteiger partial charge in [-0.3, -0.25) is 0 Å². The van der Waals surface area contributed by atoms with Crippen molar-refractivity contribution in [1.29, 1.82) is 0 Å². The smallest absolute Gasteiger partial charge is 0.187 e. The molecule has 0 saturated heterocycles. The van der Waals surface area contributed by atoms with Crippen LogP contribution >= 0.6 is 11.8 Å². The van der Waals surface area contributed by atoms with E-state index in [9.17, 15) is 4.39 Å². The van der Waals surface area contributed by atoms with Gasteiger partial charge in [0.05, 0.1) is 5.56 Å². The summed E-state index contributed by atoms with van der Waals surface area (Å²) in [5, 5.41) is 0.725. The largest absolute Gasteiger partial charge is 0.326 e. The van der Waals surface area contributed by atoms with Gasteiger partial charge in [-0.2, -0.15) is 0 Å².